The van der Waals surface area contributed by atoms with Gasteiger partial charge in [-0.05, 0) is 53.8 Å². The molecule has 46 heavy (non-hydrogen) atoms. The zero-order valence-corrected chi connectivity index (χ0v) is 28.3. The van der Waals surface area contributed by atoms with Crippen molar-refractivity contribution in [3.8, 4) is 6.07 Å². The Morgan fingerprint density at radius 1 is 0.761 bits per heavy atom. The van der Waals surface area contributed by atoms with E-state index >= 15 is 0 Å². The number of benzene rings is 2. The molecule has 1 aliphatic carbocycles. The highest BCUT2D eigenvalue weighted by molar-refractivity contribution is 5.60. The SMILES string of the molecule is CCCCCCCCCN(CCCCCCCCC)c1ccc(C=CC2([N+](=O)[O-])C=CC(C=Cc3ccccc3)=CC2C#N)cc1. The van der Waals surface area contributed by atoms with Gasteiger partial charge in [-0.1, -0.05) is 164 Å². The van der Waals surface area contributed by atoms with Crippen molar-refractivity contribution >= 4 is 17.8 Å². The second-order valence-corrected chi connectivity index (χ2v) is 12.6. The number of allylic oxidation sites excluding steroid dienone is 3. The van der Waals surface area contributed by atoms with E-state index in [1.54, 1.807) is 30.4 Å². The minimum absolute atomic E-state index is 0.345. The predicted molar refractivity (Wildman–Crippen MR) is 195 cm³/mol. The number of rotatable bonds is 22. The molecule has 0 saturated heterocycles. The van der Waals surface area contributed by atoms with Crippen LogP contribution in [0, 0.1) is 27.4 Å². The van der Waals surface area contributed by atoms with Crippen molar-refractivity contribution in [2.45, 2.75) is 109 Å². The summed E-state index contributed by atoms with van der Waals surface area (Å²) >= 11 is 0. The van der Waals surface area contributed by atoms with Gasteiger partial charge < -0.3 is 4.90 Å². The van der Waals surface area contributed by atoms with E-state index in [2.05, 4.69) is 36.9 Å². The summed E-state index contributed by atoms with van der Waals surface area (Å²) in [6.45, 7) is 6.65. The second kappa shape index (κ2) is 21.0. The number of hydrogen-bond acceptors (Lipinski definition) is 4. The quantitative estimate of drug-likeness (QED) is 0.0745. The lowest BCUT2D eigenvalue weighted by atomic mass is 9.79. The first-order valence-electron chi connectivity index (χ1n) is 17.7. The highest BCUT2D eigenvalue weighted by Crippen LogP contribution is 2.33. The van der Waals surface area contributed by atoms with Crippen molar-refractivity contribution in [2.24, 2.45) is 5.92 Å². The molecule has 2 aromatic carbocycles. The van der Waals surface area contributed by atoms with Crippen LogP contribution in [0.3, 0.4) is 0 Å². The standard InChI is InChI=1S/C41H55N3O2/c1-3-5-7-9-11-13-18-32-43(33-19-14-12-10-8-6-4-2)40-26-24-37(25-27-40)28-30-41(44(45)46)31-29-38(34-39(41)35-42)23-22-36-20-16-15-17-21-36/h15-17,20-31,34,39H,3-14,18-19,32-33H2,1-2H3. The minimum atomic E-state index is -1.61. The van der Waals surface area contributed by atoms with Gasteiger partial charge in [-0.25, -0.2) is 0 Å². The number of anilines is 1. The van der Waals surface area contributed by atoms with E-state index in [4.69, 9.17) is 0 Å². The Morgan fingerprint density at radius 2 is 1.30 bits per heavy atom. The zero-order valence-electron chi connectivity index (χ0n) is 28.3. The molecular weight excluding hydrogens is 566 g/mol. The summed E-state index contributed by atoms with van der Waals surface area (Å²) in [4.78, 5) is 14.6. The van der Waals surface area contributed by atoms with Crippen LogP contribution >= 0.6 is 0 Å². The van der Waals surface area contributed by atoms with Gasteiger partial charge in [0.2, 0.25) is 0 Å². The summed E-state index contributed by atoms with van der Waals surface area (Å²) < 4.78 is 0. The average Bonchev–Trinajstić information content (AvgIpc) is 3.09. The molecule has 0 fully saturated rings. The molecule has 1 aliphatic rings. The summed E-state index contributed by atoms with van der Waals surface area (Å²) in [5, 5.41) is 22.4. The molecule has 2 unspecified atom stereocenters. The van der Waals surface area contributed by atoms with Crippen molar-refractivity contribution in [1.82, 2.24) is 0 Å². The van der Waals surface area contributed by atoms with E-state index < -0.39 is 11.5 Å². The summed E-state index contributed by atoms with van der Waals surface area (Å²) in [5.74, 6) is -0.919. The molecule has 0 N–H and O–H groups in total. The molecule has 0 amide bonds. The normalized spacial score (nSPS) is 17.8. The number of nitriles is 1. The number of nitro groups is 1. The lowest BCUT2D eigenvalue weighted by Gasteiger charge is -2.26. The largest absolute Gasteiger partial charge is 0.372 e. The van der Waals surface area contributed by atoms with Gasteiger partial charge in [0.25, 0.3) is 5.54 Å². The number of nitrogens with zero attached hydrogens (tertiary/aromatic N) is 3. The van der Waals surface area contributed by atoms with E-state index in [-0.39, 0.29) is 4.92 Å². The van der Waals surface area contributed by atoms with Crippen LogP contribution < -0.4 is 4.90 Å². The Balaban J connectivity index is 1.66. The molecule has 0 radical (unpaired) electrons. The molecule has 0 saturated carbocycles. The summed E-state index contributed by atoms with van der Waals surface area (Å²) in [6, 6.07) is 20.4. The topological polar surface area (TPSA) is 70.2 Å². The van der Waals surface area contributed by atoms with Crippen LogP contribution in [0.1, 0.15) is 115 Å². The second-order valence-electron chi connectivity index (χ2n) is 12.6. The molecule has 0 bridgehead atoms. The third-order valence-corrected chi connectivity index (χ3v) is 8.99. The molecule has 0 heterocycles. The van der Waals surface area contributed by atoms with Gasteiger partial charge in [0.1, 0.15) is 5.92 Å². The third kappa shape index (κ3) is 12.1. The zero-order chi connectivity index (χ0) is 32.9. The van der Waals surface area contributed by atoms with Crippen LogP contribution in [0.5, 0.6) is 0 Å². The Hall–Kier alpha value is -3.91. The van der Waals surface area contributed by atoms with Gasteiger partial charge in [-0.2, -0.15) is 5.26 Å². The molecule has 5 heteroatoms. The molecule has 0 aliphatic heterocycles. The summed E-state index contributed by atoms with van der Waals surface area (Å²) in [6.07, 6.45) is 30.4. The first kappa shape index (κ1) is 36.6. The van der Waals surface area contributed by atoms with Crippen LogP contribution in [-0.4, -0.2) is 23.6 Å². The fourth-order valence-electron chi connectivity index (χ4n) is 6.03. The molecule has 2 atom stereocenters. The molecular formula is C41H55N3O2. The van der Waals surface area contributed by atoms with Crippen LogP contribution in [0.15, 0.2) is 90.6 Å². The van der Waals surface area contributed by atoms with E-state index in [1.807, 2.05) is 54.6 Å². The Labute approximate surface area is 278 Å². The highest BCUT2D eigenvalue weighted by Gasteiger charge is 2.47. The van der Waals surface area contributed by atoms with Gasteiger partial charge in [0.15, 0.2) is 0 Å². The molecule has 246 valence electrons. The molecule has 0 aromatic heterocycles. The number of hydrogen-bond donors (Lipinski definition) is 0. The monoisotopic (exact) mass is 621 g/mol. The van der Waals surface area contributed by atoms with Crippen LogP contribution in [0.4, 0.5) is 5.69 Å². The van der Waals surface area contributed by atoms with Gasteiger partial charge in [0, 0.05) is 23.7 Å². The van der Waals surface area contributed by atoms with Crippen LogP contribution in [-0.2, 0) is 0 Å². The van der Waals surface area contributed by atoms with Crippen molar-refractivity contribution in [3.63, 3.8) is 0 Å². The maximum Gasteiger partial charge on any atom is 0.278 e. The number of unbranched alkanes of at least 4 members (excludes halogenated alkanes) is 12. The molecule has 2 aromatic rings. The molecule has 3 rings (SSSR count). The summed E-state index contributed by atoms with van der Waals surface area (Å²) in [5.41, 5.74) is 2.30. The Kier molecular flexibility index (Phi) is 16.7. The summed E-state index contributed by atoms with van der Waals surface area (Å²) in [7, 11) is 0. The molecule has 5 nitrogen and oxygen atoms in total. The third-order valence-electron chi connectivity index (χ3n) is 8.99. The smallest absolute Gasteiger partial charge is 0.278 e. The van der Waals surface area contributed by atoms with E-state index in [0.717, 1.165) is 29.8 Å². The van der Waals surface area contributed by atoms with Crippen molar-refractivity contribution in [1.29, 1.82) is 5.26 Å². The Bertz CT molecular complexity index is 1300. The van der Waals surface area contributed by atoms with Crippen molar-refractivity contribution in [3.05, 3.63) is 112 Å². The van der Waals surface area contributed by atoms with E-state index in [0.29, 0.717) is 0 Å². The van der Waals surface area contributed by atoms with Gasteiger partial charge >= 0.3 is 0 Å². The average molecular weight is 622 g/mol. The highest BCUT2D eigenvalue weighted by atomic mass is 16.6. The first-order chi connectivity index (χ1) is 22.5. The lowest BCUT2D eigenvalue weighted by Crippen LogP contribution is -2.42. The van der Waals surface area contributed by atoms with Crippen molar-refractivity contribution < 1.29 is 4.92 Å². The van der Waals surface area contributed by atoms with Gasteiger partial charge in [0.05, 0.1) is 6.07 Å². The molecule has 0 spiro atoms. The van der Waals surface area contributed by atoms with Crippen molar-refractivity contribution in [2.75, 3.05) is 18.0 Å². The lowest BCUT2D eigenvalue weighted by molar-refractivity contribution is -0.545. The van der Waals surface area contributed by atoms with E-state index in [9.17, 15) is 15.4 Å². The van der Waals surface area contributed by atoms with Gasteiger partial charge in [-0.3, -0.25) is 10.1 Å². The van der Waals surface area contributed by atoms with E-state index in [1.165, 1.54) is 95.6 Å². The predicted octanol–water partition coefficient (Wildman–Crippen LogP) is 11.4. The van der Waals surface area contributed by atoms with Crippen LogP contribution in [0.25, 0.3) is 12.2 Å². The van der Waals surface area contributed by atoms with Crippen LogP contribution in [0.2, 0.25) is 0 Å². The maximum absolute atomic E-state index is 12.4. The fourth-order valence-corrected chi connectivity index (χ4v) is 6.03. The minimum Gasteiger partial charge on any atom is -0.372 e. The first-order valence-corrected chi connectivity index (χ1v) is 17.7. The Morgan fingerprint density at radius 3 is 1.85 bits per heavy atom. The van der Waals surface area contributed by atoms with Gasteiger partial charge in [-0.15, -0.1) is 0 Å². The maximum atomic E-state index is 12.4. The fraction of sp³-hybridized carbons (Fsp3) is 0.488.